The van der Waals surface area contributed by atoms with Gasteiger partial charge in [0.2, 0.25) is 11.8 Å². The Balaban J connectivity index is 1.52. The van der Waals surface area contributed by atoms with Gasteiger partial charge in [0.05, 0.1) is 6.54 Å². The summed E-state index contributed by atoms with van der Waals surface area (Å²) >= 11 is 0. The molecule has 11 heteroatoms. The number of anilines is 1. The lowest BCUT2D eigenvalue weighted by Gasteiger charge is -2.25. The molecule has 4 rings (SSSR count). The number of carbonyl (C=O) groups is 2. The Morgan fingerprint density at radius 1 is 1.26 bits per heavy atom. The van der Waals surface area contributed by atoms with Crippen molar-refractivity contribution in [2.45, 2.75) is 51.2 Å². The van der Waals surface area contributed by atoms with Crippen LogP contribution in [-0.2, 0) is 9.59 Å². The quantitative estimate of drug-likeness (QED) is 0.266. The number of hydrogen-bond donors (Lipinski definition) is 2. The number of benzene rings is 1. The lowest BCUT2D eigenvalue weighted by Crippen LogP contribution is -2.45. The molecule has 3 heterocycles. The van der Waals surface area contributed by atoms with Crippen molar-refractivity contribution in [3.05, 3.63) is 40.1 Å². The predicted octanol–water partition coefficient (Wildman–Crippen LogP) is 2.58. The number of amides is 2. The topological polar surface area (TPSA) is 142 Å². The van der Waals surface area contributed by atoms with Crippen LogP contribution in [0.5, 0.6) is 0 Å². The summed E-state index contributed by atoms with van der Waals surface area (Å²) in [5.41, 5.74) is 1.13. The van der Waals surface area contributed by atoms with E-state index in [9.17, 15) is 24.8 Å². The van der Waals surface area contributed by atoms with E-state index in [4.69, 9.17) is 4.42 Å². The summed E-state index contributed by atoms with van der Waals surface area (Å²) in [6.45, 7) is 2.97. The first-order chi connectivity index (χ1) is 16.8. The molecule has 2 aliphatic heterocycles. The largest absolute Gasteiger partial charge is 0.458 e. The number of likely N-dealkylation sites (tertiary alicyclic amines) is 2. The first kappa shape index (κ1) is 24.6. The third-order valence-corrected chi connectivity index (χ3v) is 6.36. The second-order valence-electron chi connectivity index (χ2n) is 9.13. The van der Waals surface area contributed by atoms with E-state index in [1.165, 1.54) is 0 Å². The molecule has 2 N–H and O–H groups in total. The average molecular weight is 486 g/mol. The first-order valence-electron chi connectivity index (χ1n) is 12.0. The third-order valence-electron chi connectivity index (χ3n) is 6.36. The van der Waals surface area contributed by atoms with Crippen LogP contribution < -0.4 is 5.32 Å². The van der Waals surface area contributed by atoms with Gasteiger partial charge in [-0.3, -0.25) is 24.7 Å². The Labute approximate surface area is 202 Å². The Bertz CT molecular complexity index is 1120. The Morgan fingerprint density at radius 3 is 2.71 bits per heavy atom. The lowest BCUT2D eigenvalue weighted by molar-refractivity contribution is -0.463. The molecule has 2 aromatic rings. The lowest BCUT2D eigenvalue weighted by atomic mass is 10.1. The zero-order valence-electron chi connectivity index (χ0n) is 19.8. The standard InChI is InChI=1S/C24H31N5O6/c1-16(30)21-13-17-12-18(7-8-20(17)35-21)25-22(14-29(33)34)26-19-6-2-3-11-28(24(19)32)15-23(31)27-9-4-5-10-27/h7-8,12-13,16,19,30H,2-6,9-11,14-15H2,1H3,(H,25,26)/t16?,19-/m0/s1. The Morgan fingerprint density at radius 2 is 2.00 bits per heavy atom. The minimum Gasteiger partial charge on any atom is -0.458 e. The number of furan rings is 1. The molecule has 11 nitrogen and oxygen atoms in total. The summed E-state index contributed by atoms with van der Waals surface area (Å²) in [5.74, 6) is 0.155. The molecule has 0 saturated carbocycles. The van der Waals surface area contributed by atoms with Crippen LogP contribution in [0.3, 0.4) is 0 Å². The summed E-state index contributed by atoms with van der Waals surface area (Å²) in [5, 5.41) is 24.8. The average Bonchev–Trinajstić information content (AvgIpc) is 3.46. The number of fused-ring (bicyclic) bond motifs is 1. The Kier molecular flexibility index (Phi) is 7.64. The number of carbonyl (C=O) groups excluding carboxylic acids is 2. The number of rotatable bonds is 7. The highest BCUT2D eigenvalue weighted by Gasteiger charge is 2.30. The van der Waals surface area contributed by atoms with Gasteiger partial charge < -0.3 is 24.6 Å². The summed E-state index contributed by atoms with van der Waals surface area (Å²) in [6, 6.07) is 6.07. The number of hydrogen-bond acceptors (Lipinski definition) is 7. The van der Waals surface area contributed by atoms with Gasteiger partial charge in [-0.25, -0.2) is 0 Å². The minimum atomic E-state index is -0.786. The monoisotopic (exact) mass is 485 g/mol. The molecule has 2 fully saturated rings. The molecule has 188 valence electrons. The number of aliphatic hydroxyl groups is 1. The van der Waals surface area contributed by atoms with E-state index in [2.05, 4.69) is 10.3 Å². The SMILES string of the molecule is CC(O)c1cc2cc(NC(C[N+](=O)[O-])=N[C@H]3CCCCN(CC(=O)N4CCCC4)C3=O)ccc2o1. The first-order valence-corrected chi connectivity index (χ1v) is 12.0. The van der Waals surface area contributed by atoms with Crippen molar-refractivity contribution in [3.63, 3.8) is 0 Å². The molecule has 35 heavy (non-hydrogen) atoms. The van der Waals surface area contributed by atoms with Gasteiger partial charge in [-0.15, -0.1) is 0 Å². The third kappa shape index (κ3) is 6.16. The van der Waals surface area contributed by atoms with Crippen molar-refractivity contribution in [3.8, 4) is 0 Å². The van der Waals surface area contributed by atoms with Crippen LogP contribution in [0.2, 0.25) is 0 Å². The van der Waals surface area contributed by atoms with E-state index >= 15 is 0 Å². The highest BCUT2D eigenvalue weighted by Crippen LogP contribution is 2.26. The van der Waals surface area contributed by atoms with E-state index in [1.54, 1.807) is 41.0 Å². The zero-order valence-corrected chi connectivity index (χ0v) is 19.8. The van der Waals surface area contributed by atoms with Gasteiger partial charge in [-0.2, -0.15) is 0 Å². The molecule has 2 amide bonds. The maximum Gasteiger partial charge on any atom is 0.260 e. The van der Waals surface area contributed by atoms with Gasteiger partial charge in [0.1, 0.15) is 23.5 Å². The van der Waals surface area contributed by atoms with Gasteiger partial charge in [0.25, 0.3) is 6.54 Å². The van der Waals surface area contributed by atoms with Gasteiger partial charge in [0.15, 0.2) is 5.84 Å². The number of aliphatic hydroxyl groups excluding tert-OH is 1. The van der Waals surface area contributed by atoms with Crippen molar-refractivity contribution in [2.24, 2.45) is 4.99 Å². The van der Waals surface area contributed by atoms with E-state index in [0.717, 1.165) is 44.2 Å². The van der Waals surface area contributed by atoms with Gasteiger partial charge in [-0.05, 0) is 63.3 Å². The van der Waals surface area contributed by atoms with Crippen LogP contribution in [0.1, 0.15) is 50.9 Å². The van der Waals surface area contributed by atoms with Crippen LogP contribution >= 0.6 is 0 Å². The maximum absolute atomic E-state index is 13.2. The van der Waals surface area contributed by atoms with Crippen molar-refractivity contribution in [2.75, 3.05) is 38.0 Å². The second kappa shape index (κ2) is 10.9. The highest BCUT2D eigenvalue weighted by molar-refractivity contribution is 6.00. The van der Waals surface area contributed by atoms with Crippen molar-refractivity contribution >= 4 is 34.3 Å². The van der Waals surface area contributed by atoms with E-state index in [1.807, 2.05) is 0 Å². The summed E-state index contributed by atoms with van der Waals surface area (Å²) in [6.07, 6.45) is 3.16. The van der Waals surface area contributed by atoms with E-state index < -0.39 is 23.6 Å². The van der Waals surface area contributed by atoms with Crippen molar-refractivity contribution < 1.29 is 24.0 Å². The molecule has 0 radical (unpaired) electrons. The summed E-state index contributed by atoms with van der Waals surface area (Å²) < 4.78 is 5.59. The molecular formula is C24H31N5O6. The molecule has 1 unspecified atom stereocenters. The smallest absolute Gasteiger partial charge is 0.260 e. The Hall–Kier alpha value is -3.47. The second-order valence-corrected chi connectivity index (χ2v) is 9.13. The molecule has 2 atom stereocenters. The minimum absolute atomic E-state index is 0.0195. The van der Waals surface area contributed by atoms with Crippen LogP contribution in [0.25, 0.3) is 11.0 Å². The number of nitro groups is 1. The van der Waals surface area contributed by atoms with Gasteiger partial charge in [0, 0.05) is 35.6 Å². The van der Waals surface area contributed by atoms with Crippen molar-refractivity contribution in [1.29, 1.82) is 0 Å². The molecule has 1 aromatic heterocycles. The van der Waals surface area contributed by atoms with Crippen LogP contribution in [-0.4, -0.2) is 76.2 Å². The molecule has 0 aliphatic carbocycles. The normalized spacial score (nSPS) is 20.2. The fourth-order valence-corrected chi connectivity index (χ4v) is 4.53. The molecule has 0 spiro atoms. The summed E-state index contributed by atoms with van der Waals surface area (Å²) in [7, 11) is 0. The summed E-state index contributed by atoms with van der Waals surface area (Å²) in [4.78, 5) is 44.5. The predicted molar refractivity (Wildman–Crippen MR) is 130 cm³/mol. The molecule has 2 saturated heterocycles. The highest BCUT2D eigenvalue weighted by atomic mass is 16.6. The fraction of sp³-hybridized carbons (Fsp3) is 0.542. The molecule has 0 bridgehead atoms. The van der Waals surface area contributed by atoms with Crippen LogP contribution in [0.4, 0.5) is 5.69 Å². The number of nitrogens with one attached hydrogen (secondary N) is 1. The van der Waals surface area contributed by atoms with E-state index in [0.29, 0.717) is 30.0 Å². The molecular weight excluding hydrogens is 454 g/mol. The van der Waals surface area contributed by atoms with E-state index in [-0.39, 0.29) is 24.2 Å². The number of aliphatic imine (C=N–C) groups is 1. The van der Waals surface area contributed by atoms with Crippen molar-refractivity contribution in [1.82, 2.24) is 9.80 Å². The molecule has 2 aliphatic rings. The number of amidine groups is 1. The zero-order chi connectivity index (χ0) is 24.9. The number of nitrogens with zero attached hydrogens (tertiary/aromatic N) is 4. The van der Waals surface area contributed by atoms with Crippen LogP contribution in [0.15, 0.2) is 33.7 Å². The fourth-order valence-electron chi connectivity index (χ4n) is 4.53. The van der Waals surface area contributed by atoms with Gasteiger partial charge in [-0.1, -0.05) is 0 Å². The maximum atomic E-state index is 13.2. The molecule has 1 aromatic carbocycles. The van der Waals surface area contributed by atoms with Crippen LogP contribution in [0, 0.1) is 10.1 Å². The van der Waals surface area contributed by atoms with Gasteiger partial charge >= 0.3 is 0 Å².